The van der Waals surface area contributed by atoms with Crippen molar-refractivity contribution in [2.45, 2.75) is 38.4 Å². The lowest BCUT2D eigenvalue weighted by Gasteiger charge is -2.23. The van der Waals surface area contributed by atoms with Crippen LogP contribution < -0.4 is 15.4 Å². The molecule has 1 aromatic heterocycles. The first-order chi connectivity index (χ1) is 19.4. The zero-order valence-electron chi connectivity index (χ0n) is 22.2. The van der Waals surface area contributed by atoms with Crippen molar-refractivity contribution in [3.05, 3.63) is 70.4 Å². The smallest absolute Gasteiger partial charge is 0.254 e. The first-order valence-electron chi connectivity index (χ1n) is 13.3. The Balaban J connectivity index is 1.23. The molecule has 3 N–H and O–H groups in total. The van der Waals surface area contributed by atoms with E-state index in [-0.39, 0.29) is 43.7 Å². The van der Waals surface area contributed by atoms with E-state index in [4.69, 9.17) is 26.2 Å². The Hall–Kier alpha value is -3.73. The van der Waals surface area contributed by atoms with Gasteiger partial charge in [-0.25, -0.2) is 9.97 Å². The number of amides is 2. The van der Waals surface area contributed by atoms with Crippen LogP contribution in [0.3, 0.4) is 0 Å². The van der Waals surface area contributed by atoms with Crippen molar-refractivity contribution < 1.29 is 24.2 Å². The van der Waals surface area contributed by atoms with Gasteiger partial charge in [-0.05, 0) is 49.1 Å². The van der Waals surface area contributed by atoms with E-state index in [2.05, 4.69) is 20.6 Å². The van der Waals surface area contributed by atoms with Crippen molar-refractivity contribution in [2.75, 3.05) is 38.3 Å². The zero-order chi connectivity index (χ0) is 28.1. The lowest BCUT2D eigenvalue weighted by Crippen LogP contribution is -2.38. The fraction of sp³-hybridized carbons (Fsp3) is 0.379. The summed E-state index contributed by atoms with van der Waals surface area (Å²) in [6.45, 7) is 3.66. The number of nitrogens with one attached hydrogen (secondary N) is 2. The Morgan fingerprint density at radius 3 is 2.88 bits per heavy atom. The second-order valence-electron chi connectivity index (χ2n) is 9.89. The van der Waals surface area contributed by atoms with Crippen LogP contribution in [0.5, 0.6) is 5.75 Å². The third-order valence-electron chi connectivity index (χ3n) is 6.99. The van der Waals surface area contributed by atoms with Crippen molar-refractivity contribution in [1.82, 2.24) is 20.2 Å². The van der Waals surface area contributed by atoms with Gasteiger partial charge in [-0.3, -0.25) is 9.59 Å². The van der Waals surface area contributed by atoms with E-state index in [0.717, 1.165) is 24.0 Å². The largest absolute Gasteiger partial charge is 0.491 e. The van der Waals surface area contributed by atoms with Crippen molar-refractivity contribution in [1.29, 1.82) is 0 Å². The van der Waals surface area contributed by atoms with Crippen LogP contribution in [0.2, 0.25) is 5.02 Å². The summed E-state index contributed by atoms with van der Waals surface area (Å²) in [6.07, 6.45) is 3.32. The second kappa shape index (κ2) is 12.6. The number of aliphatic hydroxyl groups excluding tert-OH is 1. The molecule has 2 aliphatic rings. The number of aromatic nitrogens is 2. The molecule has 0 aliphatic carbocycles. The van der Waals surface area contributed by atoms with Crippen LogP contribution in [-0.2, 0) is 16.1 Å². The molecule has 0 radical (unpaired) electrons. The third kappa shape index (κ3) is 6.52. The fourth-order valence-corrected chi connectivity index (χ4v) is 5.08. The molecule has 3 heterocycles. The molecular weight excluding hydrogens is 534 g/mol. The molecular formula is C29H32ClN5O5. The van der Waals surface area contributed by atoms with Crippen LogP contribution in [0.1, 0.15) is 47.3 Å². The van der Waals surface area contributed by atoms with E-state index in [1.165, 1.54) is 4.90 Å². The van der Waals surface area contributed by atoms with Gasteiger partial charge in [0.2, 0.25) is 11.9 Å². The van der Waals surface area contributed by atoms with Gasteiger partial charge in [-0.15, -0.1) is 0 Å². The number of hydrogen-bond acceptors (Lipinski definition) is 8. The number of hydrogen-bond donors (Lipinski definition) is 3. The van der Waals surface area contributed by atoms with Crippen molar-refractivity contribution >= 4 is 29.4 Å². The molecule has 3 aromatic rings. The van der Waals surface area contributed by atoms with Crippen LogP contribution in [0.25, 0.3) is 11.3 Å². The van der Waals surface area contributed by atoms with Gasteiger partial charge in [0.05, 0.1) is 29.6 Å². The van der Waals surface area contributed by atoms with Gasteiger partial charge >= 0.3 is 0 Å². The average molecular weight is 566 g/mol. The van der Waals surface area contributed by atoms with E-state index in [1.807, 2.05) is 37.3 Å². The maximum Gasteiger partial charge on any atom is 0.254 e. The van der Waals surface area contributed by atoms with E-state index < -0.39 is 0 Å². The van der Waals surface area contributed by atoms with Crippen LogP contribution in [-0.4, -0.2) is 70.8 Å². The van der Waals surface area contributed by atoms with Crippen LogP contribution in [0, 0.1) is 0 Å². The van der Waals surface area contributed by atoms with Gasteiger partial charge in [-0.2, -0.15) is 0 Å². The quantitative estimate of drug-likeness (QED) is 0.340. The second-order valence-corrected chi connectivity index (χ2v) is 10.3. The highest BCUT2D eigenvalue weighted by Gasteiger charge is 2.30. The summed E-state index contributed by atoms with van der Waals surface area (Å²) >= 11 is 6.45. The number of rotatable bonds is 10. The summed E-state index contributed by atoms with van der Waals surface area (Å²) in [5, 5.41) is 15.7. The van der Waals surface area contributed by atoms with Gasteiger partial charge in [0.15, 0.2) is 0 Å². The number of halogens is 1. The normalized spacial score (nSPS) is 16.0. The fourth-order valence-electron chi connectivity index (χ4n) is 4.88. The van der Waals surface area contributed by atoms with Gasteiger partial charge < -0.3 is 30.1 Å². The molecule has 10 nitrogen and oxygen atoms in total. The molecule has 0 bridgehead atoms. The lowest BCUT2D eigenvalue weighted by atomic mass is 10.0. The molecule has 0 spiro atoms. The summed E-state index contributed by atoms with van der Waals surface area (Å²) in [5.74, 6) is 0.614. The molecule has 2 aromatic carbocycles. The Labute approximate surface area is 237 Å². The average Bonchev–Trinajstić information content (AvgIpc) is 3.27. The number of nitrogens with zero attached hydrogens (tertiary/aromatic N) is 3. The highest BCUT2D eigenvalue weighted by Crippen LogP contribution is 2.32. The highest BCUT2D eigenvalue weighted by atomic mass is 35.5. The van der Waals surface area contributed by atoms with Crippen molar-refractivity contribution in [3.63, 3.8) is 0 Å². The Morgan fingerprint density at radius 1 is 1.25 bits per heavy atom. The molecule has 1 fully saturated rings. The minimum absolute atomic E-state index is 0.0681. The molecule has 40 heavy (non-hydrogen) atoms. The minimum Gasteiger partial charge on any atom is -0.491 e. The zero-order valence-corrected chi connectivity index (χ0v) is 23.0. The summed E-state index contributed by atoms with van der Waals surface area (Å²) < 4.78 is 10.9. The molecule has 2 aliphatic heterocycles. The van der Waals surface area contributed by atoms with Gasteiger partial charge in [0.1, 0.15) is 18.9 Å². The Kier molecular flexibility index (Phi) is 8.78. The van der Waals surface area contributed by atoms with Gasteiger partial charge in [-0.1, -0.05) is 35.9 Å². The molecule has 0 unspecified atom stereocenters. The van der Waals surface area contributed by atoms with Crippen molar-refractivity contribution in [2.24, 2.45) is 0 Å². The molecule has 5 rings (SSSR count). The monoisotopic (exact) mass is 565 g/mol. The first kappa shape index (κ1) is 27.8. The molecule has 0 saturated carbocycles. The van der Waals surface area contributed by atoms with Crippen molar-refractivity contribution in [3.8, 4) is 17.0 Å². The number of benzene rings is 2. The topological polar surface area (TPSA) is 126 Å². The summed E-state index contributed by atoms with van der Waals surface area (Å²) in [6, 6.07) is 12.8. The minimum atomic E-state index is -0.291. The SMILES string of the molecule is C[C@@H](NC(=O)CN1Cc2ccc(-c3nc(NC4CCOCC4)ncc3Cl)cc2C1=O)c1cccc(OCCO)c1. The Bertz CT molecular complexity index is 1380. The van der Waals surface area contributed by atoms with E-state index in [0.29, 0.717) is 53.3 Å². The van der Waals surface area contributed by atoms with Crippen LogP contribution in [0.4, 0.5) is 5.95 Å². The standard InChI is InChI=1S/C29H32ClN5O5/c1-18(19-3-2-4-23(13-19)40-12-9-36)32-26(37)17-35-16-21-6-5-20(14-24(21)28(35)38)27-25(30)15-31-29(34-27)33-22-7-10-39-11-8-22/h2-6,13-15,18,22,36H,7-12,16-17H2,1H3,(H,32,37)(H,31,33,34)/t18-/m1/s1. The number of carbonyl (C=O) groups is 2. The molecule has 210 valence electrons. The maximum absolute atomic E-state index is 13.3. The number of fused-ring (bicyclic) bond motifs is 1. The molecule has 1 atom stereocenters. The van der Waals surface area contributed by atoms with Gasteiger partial charge in [0, 0.05) is 36.9 Å². The third-order valence-corrected chi connectivity index (χ3v) is 7.27. The molecule has 2 amide bonds. The Morgan fingerprint density at radius 2 is 2.08 bits per heavy atom. The number of anilines is 1. The van der Waals surface area contributed by atoms with Gasteiger partial charge in [0.25, 0.3) is 5.91 Å². The van der Waals surface area contributed by atoms with E-state index >= 15 is 0 Å². The maximum atomic E-state index is 13.3. The summed E-state index contributed by atoms with van der Waals surface area (Å²) in [7, 11) is 0. The highest BCUT2D eigenvalue weighted by molar-refractivity contribution is 6.33. The van der Waals surface area contributed by atoms with E-state index in [9.17, 15) is 9.59 Å². The molecule has 11 heteroatoms. The number of carbonyl (C=O) groups excluding carboxylic acids is 2. The summed E-state index contributed by atoms with van der Waals surface area (Å²) in [5.41, 5.74) is 3.47. The van der Waals surface area contributed by atoms with Crippen LogP contribution in [0.15, 0.2) is 48.7 Å². The van der Waals surface area contributed by atoms with Crippen LogP contribution >= 0.6 is 11.6 Å². The number of aliphatic hydroxyl groups is 1. The molecule has 1 saturated heterocycles. The summed E-state index contributed by atoms with van der Waals surface area (Å²) in [4.78, 5) is 36.6. The first-order valence-corrected chi connectivity index (χ1v) is 13.7. The van der Waals surface area contributed by atoms with E-state index in [1.54, 1.807) is 18.3 Å². The predicted molar refractivity (Wildman–Crippen MR) is 150 cm³/mol. The lowest BCUT2D eigenvalue weighted by molar-refractivity contribution is -0.122. The predicted octanol–water partition coefficient (Wildman–Crippen LogP) is 3.59. The number of ether oxygens (including phenoxy) is 2.